The number of aromatic nitrogens is 2. The maximum absolute atomic E-state index is 5.63. The molecule has 0 radical (unpaired) electrons. The molecule has 0 N–H and O–H groups in total. The van der Waals surface area contributed by atoms with E-state index in [1.807, 2.05) is 28.9 Å². The van der Waals surface area contributed by atoms with E-state index in [0.29, 0.717) is 0 Å². The third kappa shape index (κ3) is 3.84. The Morgan fingerprint density at radius 2 is 1.62 bits per heavy atom. The van der Waals surface area contributed by atoms with Gasteiger partial charge >= 0.3 is 0 Å². The molecular weight excluding hydrogens is 358 g/mol. The zero-order valence-electron chi connectivity index (χ0n) is 14.5. The molecule has 1 aliphatic rings. The van der Waals surface area contributed by atoms with Crippen molar-refractivity contribution in [3.8, 4) is 16.9 Å². The van der Waals surface area contributed by atoms with Crippen molar-refractivity contribution in [2.45, 2.75) is 18.6 Å². The first-order chi connectivity index (χ1) is 12.8. The first-order valence-electron chi connectivity index (χ1n) is 8.92. The Morgan fingerprint density at radius 3 is 2.31 bits per heavy atom. The third-order valence-electron chi connectivity index (χ3n) is 4.57. The lowest BCUT2D eigenvalue weighted by molar-refractivity contribution is 0.539. The van der Waals surface area contributed by atoms with Crippen molar-refractivity contribution in [3.63, 3.8) is 0 Å². The zero-order chi connectivity index (χ0) is 17.8. The first-order valence-corrected chi connectivity index (χ1v) is 10.3. The second-order valence-corrected chi connectivity index (χ2v) is 8.01. The lowest BCUT2D eigenvalue weighted by atomic mass is 10.1. The van der Waals surface area contributed by atoms with E-state index in [-0.39, 0.29) is 0 Å². The highest BCUT2D eigenvalue weighted by molar-refractivity contribution is 8.22. The van der Waals surface area contributed by atoms with Gasteiger partial charge in [0.2, 0.25) is 0 Å². The van der Waals surface area contributed by atoms with Gasteiger partial charge in [0.25, 0.3) is 0 Å². The molecule has 26 heavy (non-hydrogen) atoms. The summed E-state index contributed by atoms with van der Waals surface area (Å²) in [5.74, 6) is 0.840. The number of thioether (sulfide) groups is 1. The van der Waals surface area contributed by atoms with E-state index in [2.05, 4.69) is 47.5 Å². The van der Waals surface area contributed by atoms with E-state index in [9.17, 15) is 0 Å². The SMILES string of the molecule is S=C(SCc1cn(-c2ccccc2)nc1-c1ccccc1)N1CCCC1. The van der Waals surface area contributed by atoms with Crippen LogP contribution in [-0.2, 0) is 5.75 Å². The van der Waals surface area contributed by atoms with E-state index in [0.717, 1.165) is 40.1 Å². The van der Waals surface area contributed by atoms with Gasteiger partial charge in [-0.2, -0.15) is 5.10 Å². The van der Waals surface area contributed by atoms with Gasteiger partial charge in [0, 0.05) is 36.2 Å². The molecule has 5 heteroatoms. The Labute approximate surface area is 164 Å². The minimum Gasteiger partial charge on any atom is -0.358 e. The van der Waals surface area contributed by atoms with E-state index in [4.69, 9.17) is 17.3 Å². The van der Waals surface area contributed by atoms with Crippen LogP contribution in [-0.4, -0.2) is 32.1 Å². The van der Waals surface area contributed by atoms with E-state index >= 15 is 0 Å². The molecule has 2 heterocycles. The van der Waals surface area contributed by atoms with Gasteiger partial charge in [0.15, 0.2) is 0 Å². The number of likely N-dealkylation sites (tertiary alicyclic amines) is 1. The number of hydrogen-bond acceptors (Lipinski definition) is 3. The van der Waals surface area contributed by atoms with Gasteiger partial charge in [-0.3, -0.25) is 0 Å². The largest absolute Gasteiger partial charge is 0.358 e. The summed E-state index contributed by atoms with van der Waals surface area (Å²) in [4.78, 5) is 2.32. The van der Waals surface area contributed by atoms with Crippen LogP contribution in [0.5, 0.6) is 0 Å². The molecule has 1 aliphatic heterocycles. The van der Waals surface area contributed by atoms with Crippen molar-refractivity contribution >= 4 is 28.3 Å². The smallest absolute Gasteiger partial charge is 0.136 e. The van der Waals surface area contributed by atoms with Crippen molar-refractivity contribution in [1.29, 1.82) is 0 Å². The molecule has 3 nitrogen and oxygen atoms in total. The van der Waals surface area contributed by atoms with Crippen LogP contribution in [0, 0.1) is 0 Å². The zero-order valence-corrected chi connectivity index (χ0v) is 16.2. The number of para-hydroxylation sites is 1. The molecule has 132 valence electrons. The molecule has 0 amide bonds. The normalized spacial score (nSPS) is 13.9. The Balaban J connectivity index is 1.61. The summed E-state index contributed by atoms with van der Waals surface area (Å²) in [5, 5.41) is 4.87. The standard InChI is InChI=1S/C21H21N3S2/c25-21(23-13-7-8-14-23)26-16-18-15-24(19-11-5-2-6-12-19)22-20(18)17-9-3-1-4-10-17/h1-6,9-12,15H,7-8,13-14,16H2. The van der Waals surface area contributed by atoms with Crippen LogP contribution in [0.15, 0.2) is 66.9 Å². The second kappa shape index (κ2) is 8.06. The van der Waals surface area contributed by atoms with Gasteiger partial charge in [-0.05, 0) is 25.0 Å². The molecule has 0 atom stereocenters. The molecule has 2 aromatic carbocycles. The van der Waals surface area contributed by atoms with Gasteiger partial charge in [-0.15, -0.1) is 0 Å². The van der Waals surface area contributed by atoms with Crippen LogP contribution in [0.25, 0.3) is 16.9 Å². The molecule has 0 bridgehead atoms. The summed E-state index contributed by atoms with van der Waals surface area (Å²) >= 11 is 7.38. The molecular formula is C21H21N3S2. The summed E-state index contributed by atoms with van der Waals surface area (Å²) in [6, 6.07) is 20.6. The van der Waals surface area contributed by atoms with E-state index < -0.39 is 0 Å². The molecule has 0 unspecified atom stereocenters. The van der Waals surface area contributed by atoms with Gasteiger partial charge in [-0.1, -0.05) is 72.5 Å². The highest BCUT2D eigenvalue weighted by Crippen LogP contribution is 2.28. The fourth-order valence-corrected chi connectivity index (χ4v) is 4.41. The predicted molar refractivity (Wildman–Crippen MR) is 114 cm³/mol. The van der Waals surface area contributed by atoms with Gasteiger partial charge in [0.05, 0.1) is 11.4 Å². The fraction of sp³-hybridized carbons (Fsp3) is 0.238. The Bertz CT molecular complexity index is 869. The summed E-state index contributed by atoms with van der Waals surface area (Å²) in [5.41, 5.74) is 4.46. The van der Waals surface area contributed by atoms with Crippen LogP contribution in [0.1, 0.15) is 18.4 Å². The van der Waals surface area contributed by atoms with Crippen molar-refractivity contribution in [2.24, 2.45) is 0 Å². The first kappa shape index (κ1) is 17.3. The topological polar surface area (TPSA) is 21.1 Å². The average molecular weight is 380 g/mol. The van der Waals surface area contributed by atoms with E-state index in [1.54, 1.807) is 11.8 Å². The molecule has 1 aromatic heterocycles. The van der Waals surface area contributed by atoms with Gasteiger partial charge < -0.3 is 4.90 Å². The van der Waals surface area contributed by atoms with Crippen LogP contribution in [0.2, 0.25) is 0 Å². The summed E-state index contributed by atoms with van der Waals surface area (Å²) in [6.07, 6.45) is 4.64. The number of nitrogens with zero attached hydrogens (tertiary/aromatic N) is 3. The van der Waals surface area contributed by atoms with Crippen LogP contribution < -0.4 is 0 Å². The molecule has 4 rings (SSSR count). The highest BCUT2D eigenvalue weighted by Gasteiger charge is 2.17. The van der Waals surface area contributed by atoms with Crippen LogP contribution in [0.3, 0.4) is 0 Å². The lowest BCUT2D eigenvalue weighted by Crippen LogP contribution is -2.23. The average Bonchev–Trinajstić information content (AvgIpc) is 3.38. The molecule has 1 fully saturated rings. The van der Waals surface area contributed by atoms with Crippen LogP contribution in [0.4, 0.5) is 0 Å². The maximum Gasteiger partial charge on any atom is 0.136 e. The van der Waals surface area contributed by atoms with Gasteiger partial charge in [-0.25, -0.2) is 4.68 Å². The van der Waals surface area contributed by atoms with Crippen molar-refractivity contribution in [2.75, 3.05) is 13.1 Å². The minimum absolute atomic E-state index is 0.840. The Morgan fingerprint density at radius 1 is 0.962 bits per heavy atom. The van der Waals surface area contributed by atoms with Crippen molar-refractivity contribution in [1.82, 2.24) is 14.7 Å². The number of thiocarbonyl (C=S) groups is 1. The summed E-state index contributed by atoms with van der Waals surface area (Å²) in [6.45, 7) is 2.20. The quantitative estimate of drug-likeness (QED) is 0.584. The molecule has 0 spiro atoms. The monoisotopic (exact) mass is 379 g/mol. The molecule has 0 aliphatic carbocycles. The van der Waals surface area contributed by atoms with Crippen molar-refractivity contribution in [3.05, 3.63) is 72.4 Å². The molecule has 3 aromatic rings. The summed E-state index contributed by atoms with van der Waals surface area (Å²) in [7, 11) is 0. The Kier molecular flexibility index (Phi) is 5.37. The second-order valence-electron chi connectivity index (χ2n) is 6.40. The predicted octanol–water partition coefficient (Wildman–Crippen LogP) is 5.15. The van der Waals surface area contributed by atoms with Crippen molar-refractivity contribution < 1.29 is 0 Å². The minimum atomic E-state index is 0.840. The van der Waals surface area contributed by atoms with Crippen LogP contribution >= 0.6 is 24.0 Å². The third-order valence-corrected chi connectivity index (χ3v) is 6.15. The van der Waals surface area contributed by atoms with E-state index in [1.165, 1.54) is 18.4 Å². The molecule has 0 saturated carbocycles. The number of rotatable bonds is 4. The summed E-state index contributed by atoms with van der Waals surface area (Å²) < 4.78 is 2.98. The fourth-order valence-electron chi connectivity index (χ4n) is 3.20. The number of hydrogen-bond donors (Lipinski definition) is 0. The number of benzene rings is 2. The highest BCUT2D eigenvalue weighted by atomic mass is 32.2. The maximum atomic E-state index is 5.63. The Hall–Kier alpha value is -2.11. The van der Waals surface area contributed by atoms with Gasteiger partial charge in [0.1, 0.15) is 4.32 Å². The lowest BCUT2D eigenvalue weighted by Gasteiger charge is -2.17. The molecule has 1 saturated heterocycles.